The first kappa shape index (κ1) is 17.7. The lowest BCUT2D eigenvalue weighted by atomic mass is 10.2. The van der Waals surface area contributed by atoms with Crippen LogP contribution >= 0.6 is 11.6 Å². The fourth-order valence-corrected chi connectivity index (χ4v) is 2.82. The summed E-state index contributed by atoms with van der Waals surface area (Å²) in [5, 5.41) is 2.63. The number of carbonyl (C=O) groups is 1. The third-order valence-corrected chi connectivity index (χ3v) is 4.58. The average Bonchev–Trinajstić information content (AvgIpc) is 2.63. The number of piperazine rings is 1. The number of hydrogen-bond donors (Lipinski definition) is 1. The quantitative estimate of drug-likeness (QED) is 0.891. The van der Waals surface area contributed by atoms with Gasteiger partial charge in [-0.25, -0.2) is 5.01 Å². The Morgan fingerprint density at radius 2 is 1.88 bits per heavy atom. The van der Waals surface area contributed by atoms with Gasteiger partial charge in [0.1, 0.15) is 12.4 Å². The average molecular weight is 360 g/mol. The van der Waals surface area contributed by atoms with Gasteiger partial charge >= 0.3 is 0 Å². The zero-order valence-electron chi connectivity index (χ0n) is 14.2. The van der Waals surface area contributed by atoms with Gasteiger partial charge < -0.3 is 9.64 Å². The van der Waals surface area contributed by atoms with Crippen LogP contribution in [0.1, 0.15) is 15.9 Å². The Morgan fingerprint density at radius 3 is 2.64 bits per heavy atom. The molecule has 0 saturated carbocycles. The van der Waals surface area contributed by atoms with Gasteiger partial charge in [-0.15, -0.1) is 0 Å². The molecule has 2 aromatic rings. The van der Waals surface area contributed by atoms with Gasteiger partial charge in [0.05, 0.1) is 0 Å². The van der Waals surface area contributed by atoms with E-state index in [2.05, 4.69) is 17.4 Å². The van der Waals surface area contributed by atoms with E-state index in [1.54, 1.807) is 12.1 Å². The predicted molar refractivity (Wildman–Crippen MR) is 98.8 cm³/mol. The number of ether oxygens (including phenoxy) is 1. The number of carbonyl (C=O) groups excluding carboxylic acids is 1. The molecule has 25 heavy (non-hydrogen) atoms. The highest BCUT2D eigenvalue weighted by Crippen LogP contribution is 2.19. The summed E-state index contributed by atoms with van der Waals surface area (Å²) >= 11 is 6.14. The lowest BCUT2D eigenvalue weighted by molar-refractivity contribution is 0.0662. The number of rotatable bonds is 5. The molecular formula is C19H22ClN3O2. The van der Waals surface area contributed by atoms with E-state index in [1.807, 2.05) is 41.4 Å². The molecule has 2 aromatic carbocycles. The van der Waals surface area contributed by atoms with Crippen LogP contribution in [-0.2, 0) is 6.61 Å². The largest absolute Gasteiger partial charge is 0.489 e. The van der Waals surface area contributed by atoms with Crippen molar-refractivity contribution in [2.24, 2.45) is 0 Å². The zero-order chi connectivity index (χ0) is 17.6. The van der Waals surface area contributed by atoms with Gasteiger partial charge in [-0.1, -0.05) is 35.9 Å². The van der Waals surface area contributed by atoms with Gasteiger partial charge in [-0.2, -0.15) is 0 Å². The number of amides is 1. The minimum atomic E-state index is -0.118. The Bertz CT molecular complexity index is 730. The standard InChI is InChI=1S/C19H22ClN3O2/c1-22-9-11-23(12-10-22)21-19(24)15-6-4-7-17(13-15)25-14-16-5-2-3-8-18(16)20/h2-8,13H,9-12,14H2,1H3,(H,21,24). The number of likely N-dealkylation sites (N-methyl/N-ethyl adjacent to an activating group) is 1. The van der Waals surface area contributed by atoms with Crippen LogP contribution in [0.3, 0.4) is 0 Å². The molecule has 0 aromatic heterocycles. The minimum Gasteiger partial charge on any atom is -0.489 e. The van der Waals surface area contributed by atoms with E-state index in [-0.39, 0.29) is 5.91 Å². The van der Waals surface area contributed by atoms with Crippen molar-refractivity contribution in [3.8, 4) is 5.75 Å². The molecule has 1 N–H and O–H groups in total. The molecule has 1 aliphatic heterocycles. The van der Waals surface area contributed by atoms with Crippen molar-refractivity contribution in [3.63, 3.8) is 0 Å². The Labute approximate surface area is 153 Å². The van der Waals surface area contributed by atoms with E-state index < -0.39 is 0 Å². The van der Waals surface area contributed by atoms with Crippen molar-refractivity contribution in [1.82, 2.24) is 15.3 Å². The van der Waals surface area contributed by atoms with Crippen molar-refractivity contribution in [3.05, 3.63) is 64.7 Å². The molecule has 1 fully saturated rings. The summed E-state index contributed by atoms with van der Waals surface area (Å²) < 4.78 is 5.78. The molecule has 6 heteroatoms. The second-order valence-corrected chi connectivity index (χ2v) is 6.55. The second-order valence-electron chi connectivity index (χ2n) is 6.14. The Morgan fingerprint density at radius 1 is 1.12 bits per heavy atom. The highest BCUT2D eigenvalue weighted by atomic mass is 35.5. The topological polar surface area (TPSA) is 44.8 Å². The maximum atomic E-state index is 12.4. The molecule has 1 saturated heterocycles. The molecule has 0 atom stereocenters. The third kappa shape index (κ3) is 4.95. The Balaban J connectivity index is 1.59. The van der Waals surface area contributed by atoms with Crippen LogP contribution in [-0.4, -0.2) is 49.0 Å². The summed E-state index contributed by atoms with van der Waals surface area (Å²) in [6, 6.07) is 14.8. The molecule has 1 amide bonds. The van der Waals surface area contributed by atoms with Crippen molar-refractivity contribution in [1.29, 1.82) is 0 Å². The predicted octanol–water partition coefficient (Wildman–Crippen LogP) is 2.81. The normalized spacial score (nSPS) is 15.8. The van der Waals surface area contributed by atoms with Gasteiger partial charge in [-0.3, -0.25) is 10.2 Å². The highest BCUT2D eigenvalue weighted by Gasteiger charge is 2.16. The Hall–Kier alpha value is -2.08. The van der Waals surface area contributed by atoms with Gasteiger partial charge in [0.15, 0.2) is 0 Å². The molecule has 0 aliphatic carbocycles. The molecule has 0 unspecified atom stereocenters. The first-order valence-electron chi connectivity index (χ1n) is 8.32. The van der Waals surface area contributed by atoms with E-state index in [0.29, 0.717) is 22.9 Å². The van der Waals surface area contributed by atoms with Crippen LogP contribution in [0.2, 0.25) is 5.02 Å². The van der Waals surface area contributed by atoms with E-state index in [4.69, 9.17) is 16.3 Å². The van der Waals surface area contributed by atoms with Crippen LogP contribution < -0.4 is 10.2 Å². The second kappa shape index (κ2) is 8.34. The van der Waals surface area contributed by atoms with Crippen LogP contribution in [0.5, 0.6) is 5.75 Å². The molecule has 5 nitrogen and oxygen atoms in total. The Kier molecular flexibility index (Phi) is 5.91. The smallest absolute Gasteiger partial charge is 0.265 e. The molecule has 132 valence electrons. The molecule has 0 bridgehead atoms. The summed E-state index contributed by atoms with van der Waals surface area (Å²) in [6.45, 7) is 3.90. The molecule has 0 radical (unpaired) electrons. The molecule has 3 rings (SSSR count). The van der Waals surface area contributed by atoms with E-state index in [9.17, 15) is 4.79 Å². The third-order valence-electron chi connectivity index (χ3n) is 4.21. The number of nitrogens with zero attached hydrogens (tertiary/aromatic N) is 2. The summed E-state index contributed by atoms with van der Waals surface area (Å²) in [4.78, 5) is 14.7. The van der Waals surface area contributed by atoms with Crippen LogP contribution in [0.25, 0.3) is 0 Å². The van der Waals surface area contributed by atoms with Gasteiger partial charge in [0.2, 0.25) is 0 Å². The summed E-state index contributed by atoms with van der Waals surface area (Å²) in [5.74, 6) is 0.527. The maximum Gasteiger partial charge on any atom is 0.265 e. The first-order chi connectivity index (χ1) is 12.1. The van der Waals surface area contributed by atoms with Gasteiger partial charge in [-0.05, 0) is 31.3 Å². The highest BCUT2D eigenvalue weighted by molar-refractivity contribution is 6.31. The van der Waals surface area contributed by atoms with Crippen molar-refractivity contribution in [2.45, 2.75) is 6.61 Å². The van der Waals surface area contributed by atoms with Crippen LogP contribution in [0.4, 0.5) is 0 Å². The number of hydrogen-bond acceptors (Lipinski definition) is 4. The van der Waals surface area contributed by atoms with Gasteiger partial charge in [0, 0.05) is 42.3 Å². The fraction of sp³-hybridized carbons (Fsp3) is 0.316. The zero-order valence-corrected chi connectivity index (χ0v) is 15.0. The molecular weight excluding hydrogens is 338 g/mol. The number of hydrazine groups is 1. The minimum absolute atomic E-state index is 0.118. The van der Waals surface area contributed by atoms with Crippen molar-refractivity contribution >= 4 is 17.5 Å². The maximum absolute atomic E-state index is 12.4. The molecule has 1 heterocycles. The fourth-order valence-electron chi connectivity index (χ4n) is 2.63. The summed E-state index contributed by atoms with van der Waals surface area (Å²) in [6.07, 6.45) is 0. The lowest BCUT2D eigenvalue weighted by Crippen LogP contribution is -2.52. The van der Waals surface area contributed by atoms with Crippen molar-refractivity contribution < 1.29 is 9.53 Å². The summed E-state index contributed by atoms with van der Waals surface area (Å²) in [7, 11) is 2.08. The van der Waals surface area contributed by atoms with Crippen LogP contribution in [0, 0.1) is 0 Å². The summed E-state index contributed by atoms with van der Waals surface area (Å²) in [5.41, 5.74) is 4.45. The first-order valence-corrected chi connectivity index (χ1v) is 8.70. The van der Waals surface area contributed by atoms with E-state index in [1.165, 1.54) is 0 Å². The van der Waals surface area contributed by atoms with Gasteiger partial charge in [0.25, 0.3) is 5.91 Å². The van der Waals surface area contributed by atoms with Crippen LogP contribution in [0.15, 0.2) is 48.5 Å². The van der Waals surface area contributed by atoms with Crippen molar-refractivity contribution in [2.75, 3.05) is 33.2 Å². The SMILES string of the molecule is CN1CCN(NC(=O)c2cccc(OCc3ccccc3Cl)c2)CC1. The lowest BCUT2D eigenvalue weighted by Gasteiger charge is -2.32. The number of halogens is 1. The molecule has 0 spiro atoms. The number of benzene rings is 2. The van der Waals surface area contributed by atoms with E-state index in [0.717, 1.165) is 31.7 Å². The number of nitrogens with one attached hydrogen (secondary N) is 1. The van der Waals surface area contributed by atoms with E-state index >= 15 is 0 Å². The monoisotopic (exact) mass is 359 g/mol. The molecule has 1 aliphatic rings.